The molecule has 2 aromatic rings. The average Bonchev–Trinajstić information content (AvgIpc) is 2.88. The van der Waals surface area contributed by atoms with Gasteiger partial charge in [-0.3, -0.25) is 9.48 Å². The first-order valence-corrected chi connectivity index (χ1v) is 7.27. The predicted octanol–water partition coefficient (Wildman–Crippen LogP) is 1.67. The molecule has 23 heavy (non-hydrogen) atoms. The van der Waals surface area contributed by atoms with Crippen molar-refractivity contribution in [1.82, 2.24) is 14.7 Å². The summed E-state index contributed by atoms with van der Waals surface area (Å²) in [7, 11) is 0. The summed E-state index contributed by atoms with van der Waals surface area (Å²) in [5.41, 5.74) is 2.22. The molecule has 6 nitrogen and oxygen atoms in total. The van der Waals surface area contributed by atoms with Crippen LogP contribution in [0.5, 0.6) is 0 Å². The van der Waals surface area contributed by atoms with E-state index >= 15 is 0 Å². The van der Waals surface area contributed by atoms with Crippen LogP contribution in [0.3, 0.4) is 0 Å². The highest BCUT2D eigenvalue weighted by molar-refractivity contribution is 5.87. The summed E-state index contributed by atoms with van der Waals surface area (Å²) < 4.78 is 14.6. The van der Waals surface area contributed by atoms with E-state index in [4.69, 9.17) is 0 Å². The van der Waals surface area contributed by atoms with Gasteiger partial charge in [-0.15, -0.1) is 0 Å². The summed E-state index contributed by atoms with van der Waals surface area (Å²) >= 11 is 0. The molecule has 0 radical (unpaired) electrons. The number of rotatable bonds is 3. The molecule has 120 valence electrons. The van der Waals surface area contributed by atoms with E-state index in [9.17, 15) is 19.1 Å². The van der Waals surface area contributed by atoms with Crippen LogP contribution in [0.2, 0.25) is 0 Å². The number of carbonyl (C=O) groups excluding carboxylic acids is 1. The standard InChI is InChI=1S/C16H16FN3O3/c1-10(21)19-7-6-14-13(9-19)15(16(22)23)18-20(14)8-11-2-4-12(17)5-3-11/h2-5H,6-9H2,1H3,(H,22,23). The molecule has 0 aliphatic carbocycles. The molecule has 1 aromatic heterocycles. The molecule has 0 atom stereocenters. The van der Waals surface area contributed by atoms with Crippen molar-refractivity contribution in [2.24, 2.45) is 0 Å². The molecule has 1 N–H and O–H groups in total. The lowest BCUT2D eigenvalue weighted by Gasteiger charge is -2.26. The number of carboxylic acids is 1. The highest BCUT2D eigenvalue weighted by Gasteiger charge is 2.28. The van der Waals surface area contributed by atoms with Crippen molar-refractivity contribution < 1.29 is 19.1 Å². The molecule has 0 fully saturated rings. The molecule has 7 heteroatoms. The molecule has 1 aliphatic rings. The van der Waals surface area contributed by atoms with Crippen LogP contribution in [0.15, 0.2) is 24.3 Å². The Kier molecular flexibility index (Phi) is 3.85. The third-order valence-corrected chi connectivity index (χ3v) is 4.03. The Bertz CT molecular complexity index is 768. The van der Waals surface area contributed by atoms with Crippen LogP contribution in [0.4, 0.5) is 4.39 Å². The summed E-state index contributed by atoms with van der Waals surface area (Å²) in [6.45, 7) is 2.64. The van der Waals surface area contributed by atoms with Gasteiger partial charge in [0.25, 0.3) is 0 Å². The summed E-state index contributed by atoms with van der Waals surface area (Å²) in [6, 6.07) is 6.02. The van der Waals surface area contributed by atoms with E-state index in [0.29, 0.717) is 25.1 Å². The largest absolute Gasteiger partial charge is 0.476 e. The zero-order chi connectivity index (χ0) is 16.6. The SMILES string of the molecule is CC(=O)N1CCc2c(c(C(=O)O)nn2Cc2ccc(F)cc2)C1. The fraction of sp³-hybridized carbons (Fsp3) is 0.312. The highest BCUT2D eigenvalue weighted by Crippen LogP contribution is 2.24. The van der Waals surface area contributed by atoms with Gasteiger partial charge in [-0.25, -0.2) is 9.18 Å². The van der Waals surface area contributed by atoms with Crippen LogP contribution >= 0.6 is 0 Å². The molecule has 1 aromatic carbocycles. The second-order valence-corrected chi connectivity index (χ2v) is 5.55. The second-order valence-electron chi connectivity index (χ2n) is 5.55. The number of hydrogen-bond acceptors (Lipinski definition) is 3. The highest BCUT2D eigenvalue weighted by atomic mass is 19.1. The number of amides is 1. The molecule has 1 aliphatic heterocycles. The molecular weight excluding hydrogens is 301 g/mol. The van der Waals surface area contributed by atoms with Crippen molar-refractivity contribution in [3.8, 4) is 0 Å². The lowest BCUT2D eigenvalue weighted by Crippen LogP contribution is -2.35. The van der Waals surface area contributed by atoms with Gasteiger partial charge in [-0.2, -0.15) is 5.10 Å². The topological polar surface area (TPSA) is 75.4 Å². The van der Waals surface area contributed by atoms with Crippen molar-refractivity contribution in [3.05, 3.63) is 52.6 Å². The van der Waals surface area contributed by atoms with Crippen LogP contribution in [0.25, 0.3) is 0 Å². The van der Waals surface area contributed by atoms with Gasteiger partial charge in [0, 0.05) is 37.7 Å². The zero-order valence-corrected chi connectivity index (χ0v) is 12.6. The average molecular weight is 317 g/mol. The Hall–Kier alpha value is -2.70. The maximum atomic E-state index is 13.0. The molecular formula is C16H16FN3O3. The number of aromatic nitrogens is 2. The minimum Gasteiger partial charge on any atom is -0.476 e. The van der Waals surface area contributed by atoms with Gasteiger partial charge in [0.05, 0.1) is 6.54 Å². The first-order chi connectivity index (χ1) is 11.0. The molecule has 0 saturated heterocycles. The molecule has 0 saturated carbocycles. The van der Waals surface area contributed by atoms with Crippen LogP contribution in [0.1, 0.15) is 34.2 Å². The Morgan fingerprint density at radius 1 is 1.30 bits per heavy atom. The van der Waals surface area contributed by atoms with Crippen molar-refractivity contribution in [2.75, 3.05) is 6.54 Å². The monoisotopic (exact) mass is 317 g/mol. The number of fused-ring (bicyclic) bond motifs is 1. The number of carboxylic acid groups (broad SMARTS) is 1. The van der Waals surface area contributed by atoms with Crippen molar-refractivity contribution in [1.29, 1.82) is 0 Å². The van der Waals surface area contributed by atoms with Crippen LogP contribution in [0, 0.1) is 5.82 Å². The fourth-order valence-electron chi connectivity index (χ4n) is 2.82. The van der Waals surface area contributed by atoms with Crippen LogP contribution < -0.4 is 0 Å². The molecule has 1 amide bonds. The van der Waals surface area contributed by atoms with Gasteiger partial charge in [0.2, 0.25) is 5.91 Å². The van der Waals surface area contributed by atoms with E-state index in [0.717, 1.165) is 11.3 Å². The van der Waals surface area contributed by atoms with Crippen molar-refractivity contribution in [3.63, 3.8) is 0 Å². The summed E-state index contributed by atoms with van der Waals surface area (Å²) in [5, 5.41) is 13.5. The third-order valence-electron chi connectivity index (χ3n) is 4.03. The minimum atomic E-state index is -1.11. The Morgan fingerprint density at radius 2 is 2.00 bits per heavy atom. The van der Waals surface area contributed by atoms with Gasteiger partial charge in [-0.1, -0.05) is 12.1 Å². The van der Waals surface area contributed by atoms with Gasteiger partial charge < -0.3 is 10.0 Å². The molecule has 0 unspecified atom stereocenters. The molecule has 3 rings (SSSR count). The van der Waals surface area contributed by atoms with E-state index in [1.165, 1.54) is 19.1 Å². The maximum Gasteiger partial charge on any atom is 0.356 e. The van der Waals surface area contributed by atoms with Crippen molar-refractivity contribution >= 4 is 11.9 Å². The predicted molar refractivity (Wildman–Crippen MR) is 79.5 cm³/mol. The van der Waals surface area contributed by atoms with Gasteiger partial charge >= 0.3 is 5.97 Å². The number of benzene rings is 1. The van der Waals surface area contributed by atoms with Gasteiger partial charge in [-0.05, 0) is 17.7 Å². The molecule has 2 heterocycles. The number of halogens is 1. The van der Waals surface area contributed by atoms with E-state index in [1.807, 2.05) is 0 Å². The molecule has 0 spiro atoms. The zero-order valence-electron chi connectivity index (χ0n) is 12.6. The van der Waals surface area contributed by atoms with Crippen molar-refractivity contribution in [2.45, 2.75) is 26.4 Å². The summed E-state index contributed by atoms with van der Waals surface area (Å²) in [5.74, 6) is -1.51. The van der Waals surface area contributed by atoms with Crippen LogP contribution in [-0.2, 0) is 24.3 Å². The van der Waals surface area contributed by atoms with E-state index in [2.05, 4.69) is 5.10 Å². The smallest absolute Gasteiger partial charge is 0.356 e. The Balaban J connectivity index is 1.96. The van der Waals surface area contributed by atoms with Gasteiger partial charge in [0.1, 0.15) is 5.82 Å². The minimum absolute atomic E-state index is 0.0203. The van der Waals surface area contributed by atoms with Crippen LogP contribution in [-0.4, -0.2) is 38.2 Å². The first-order valence-electron chi connectivity index (χ1n) is 7.27. The Labute approximate surface area is 132 Å². The maximum absolute atomic E-state index is 13.0. The first kappa shape index (κ1) is 15.2. The van der Waals surface area contributed by atoms with E-state index in [-0.39, 0.29) is 24.0 Å². The number of nitrogens with zero attached hydrogens (tertiary/aromatic N) is 3. The van der Waals surface area contributed by atoms with E-state index in [1.54, 1.807) is 21.7 Å². The normalized spacial score (nSPS) is 13.7. The quantitative estimate of drug-likeness (QED) is 0.934. The lowest BCUT2D eigenvalue weighted by molar-refractivity contribution is -0.129. The number of carbonyl (C=O) groups is 2. The number of aromatic carboxylic acids is 1. The third kappa shape index (κ3) is 2.94. The van der Waals surface area contributed by atoms with E-state index < -0.39 is 5.97 Å². The summed E-state index contributed by atoms with van der Waals surface area (Å²) in [6.07, 6.45) is 0.552. The summed E-state index contributed by atoms with van der Waals surface area (Å²) in [4.78, 5) is 24.6. The van der Waals surface area contributed by atoms with Gasteiger partial charge in [0.15, 0.2) is 5.69 Å². The fourth-order valence-corrected chi connectivity index (χ4v) is 2.82. The Morgan fingerprint density at radius 3 is 2.61 bits per heavy atom. The molecule has 0 bridgehead atoms. The second kappa shape index (κ2) is 5.83. The lowest BCUT2D eigenvalue weighted by atomic mass is 10.0. The number of hydrogen-bond donors (Lipinski definition) is 1.